The molecule has 0 atom stereocenters. The Morgan fingerprint density at radius 1 is 1.29 bits per heavy atom. The van der Waals surface area contributed by atoms with E-state index in [9.17, 15) is 9.59 Å². The normalized spacial score (nSPS) is 10.5. The van der Waals surface area contributed by atoms with Gasteiger partial charge in [-0.3, -0.25) is 4.79 Å². The lowest BCUT2D eigenvalue weighted by molar-refractivity contribution is 0.0527. The number of nitrogens with one attached hydrogen (secondary N) is 1. The second-order valence-corrected chi connectivity index (χ2v) is 6.99. The van der Waals surface area contributed by atoms with Crippen molar-refractivity contribution in [3.05, 3.63) is 49.8 Å². The first kappa shape index (κ1) is 18.8. The van der Waals surface area contributed by atoms with Crippen molar-refractivity contribution in [2.45, 2.75) is 27.3 Å². The number of benzene rings is 1. The van der Waals surface area contributed by atoms with E-state index in [1.807, 2.05) is 6.07 Å². The Balaban J connectivity index is 2.32. The molecule has 0 aliphatic rings. The molecule has 0 aliphatic carbocycles. The van der Waals surface area contributed by atoms with Gasteiger partial charge in [0.2, 0.25) is 0 Å². The van der Waals surface area contributed by atoms with Crippen molar-refractivity contribution in [2.75, 3.05) is 11.9 Å². The molecule has 0 spiro atoms. The average Bonchev–Trinajstić information content (AvgIpc) is 2.83. The number of hydrogen-bond acceptors (Lipinski definition) is 5. The maximum Gasteiger partial charge on any atom is 0.341 e. The molecule has 24 heavy (non-hydrogen) atoms. The first-order valence-corrected chi connectivity index (χ1v) is 8.91. The summed E-state index contributed by atoms with van der Waals surface area (Å²) in [4.78, 5) is 24.6. The minimum Gasteiger partial charge on any atom is -0.462 e. The monoisotopic (exact) mass is 385 g/mol. The molecular weight excluding hydrogens is 369 g/mol. The lowest BCUT2D eigenvalue weighted by Gasteiger charge is -2.09. The highest BCUT2D eigenvalue weighted by molar-refractivity contribution is 7.18. The summed E-state index contributed by atoms with van der Waals surface area (Å²) in [6.07, 6.45) is 0. The molecule has 128 valence electrons. The van der Waals surface area contributed by atoms with E-state index in [2.05, 4.69) is 5.32 Å². The number of carbonyl (C=O) groups excluding carboxylic acids is 2. The number of Topliss-reactive ketones (excluding diaryl/α,β-unsaturated/α-hetero) is 1. The summed E-state index contributed by atoms with van der Waals surface area (Å²) in [6, 6.07) is 5.22. The van der Waals surface area contributed by atoms with Crippen LogP contribution in [0.5, 0.6) is 0 Å². The fourth-order valence-electron chi connectivity index (χ4n) is 2.26. The summed E-state index contributed by atoms with van der Waals surface area (Å²) < 4.78 is 5.11. The van der Waals surface area contributed by atoms with E-state index in [4.69, 9.17) is 27.9 Å². The highest BCUT2D eigenvalue weighted by Gasteiger charge is 2.24. The van der Waals surface area contributed by atoms with Crippen LogP contribution in [-0.2, 0) is 11.3 Å². The Morgan fingerprint density at radius 3 is 2.58 bits per heavy atom. The van der Waals surface area contributed by atoms with Crippen molar-refractivity contribution in [2.24, 2.45) is 0 Å². The van der Waals surface area contributed by atoms with E-state index in [0.717, 1.165) is 5.56 Å². The quantitative estimate of drug-likeness (QED) is 0.537. The van der Waals surface area contributed by atoms with Gasteiger partial charge in [-0.2, -0.15) is 0 Å². The third kappa shape index (κ3) is 4.09. The van der Waals surface area contributed by atoms with E-state index in [1.54, 1.807) is 26.0 Å². The standard InChI is InChI=1S/C17H17Cl2NO3S/c1-4-23-17(22)14-9(2)15(10(3)21)24-16(14)20-8-11-5-6-12(18)7-13(11)19/h5-7,20H,4,8H2,1-3H3. The number of ketones is 1. The maximum atomic E-state index is 12.2. The molecule has 4 nitrogen and oxygen atoms in total. The zero-order valence-electron chi connectivity index (χ0n) is 13.5. The summed E-state index contributed by atoms with van der Waals surface area (Å²) in [7, 11) is 0. The van der Waals surface area contributed by atoms with Gasteiger partial charge in [-0.15, -0.1) is 11.3 Å². The van der Waals surface area contributed by atoms with Crippen LogP contribution in [0.4, 0.5) is 5.00 Å². The van der Waals surface area contributed by atoms with Crippen LogP contribution < -0.4 is 5.32 Å². The van der Waals surface area contributed by atoms with Gasteiger partial charge in [0.05, 0.1) is 17.0 Å². The van der Waals surface area contributed by atoms with E-state index < -0.39 is 5.97 Å². The van der Waals surface area contributed by atoms with Gasteiger partial charge in [0, 0.05) is 16.6 Å². The molecule has 0 fully saturated rings. The summed E-state index contributed by atoms with van der Waals surface area (Å²) in [5.41, 5.74) is 1.87. The predicted molar refractivity (Wildman–Crippen MR) is 98.8 cm³/mol. The van der Waals surface area contributed by atoms with Crippen molar-refractivity contribution >= 4 is 51.3 Å². The summed E-state index contributed by atoms with van der Waals surface area (Å²) in [5, 5.41) is 4.87. The fraction of sp³-hybridized carbons (Fsp3) is 0.294. The number of hydrogen-bond donors (Lipinski definition) is 1. The van der Waals surface area contributed by atoms with Gasteiger partial charge in [-0.05, 0) is 44.0 Å². The SMILES string of the molecule is CCOC(=O)c1c(NCc2ccc(Cl)cc2Cl)sc(C(C)=O)c1C. The molecule has 0 radical (unpaired) electrons. The molecule has 0 aliphatic heterocycles. The van der Waals surface area contributed by atoms with Gasteiger partial charge in [0.15, 0.2) is 5.78 Å². The molecular formula is C17H17Cl2NO3S. The molecule has 2 rings (SSSR count). The Morgan fingerprint density at radius 2 is 2.00 bits per heavy atom. The molecule has 0 saturated carbocycles. The van der Waals surface area contributed by atoms with Crippen molar-refractivity contribution in [1.29, 1.82) is 0 Å². The van der Waals surface area contributed by atoms with Crippen molar-refractivity contribution in [3.8, 4) is 0 Å². The van der Waals surface area contributed by atoms with Crippen LogP contribution in [0, 0.1) is 6.92 Å². The lowest BCUT2D eigenvalue weighted by Crippen LogP contribution is -2.09. The van der Waals surface area contributed by atoms with E-state index in [1.165, 1.54) is 18.3 Å². The minimum atomic E-state index is -0.441. The number of anilines is 1. The lowest BCUT2D eigenvalue weighted by atomic mass is 10.1. The van der Waals surface area contributed by atoms with Crippen LogP contribution in [0.1, 0.15) is 45.0 Å². The smallest absolute Gasteiger partial charge is 0.341 e. The molecule has 0 saturated heterocycles. The van der Waals surface area contributed by atoms with Gasteiger partial charge in [0.1, 0.15) is 5.00 Å². The molecule has 1 N–H and O–H groups in total. The number of esters is 1. The second kappa shape index (κ2) is 8.01. The molecule has 7 heteroatoms. The van der Waals surface area contributed by atoms with Gasteiger partial charge < -0.3 is 10.1 Å². The molecule has 1 heterocycles. The van der Waals surface area contributed by atoms with E-state index >= 15 is 0 Å². The van der Waals surface area contributed by atoms with Crippen LogP contribution in [0.3, 0.4) is 0 Å². The fourth-order valence-corrected chi connectivity index (χ4v) is 3.82. The molecule has 0 unspecified atom stereocenters. The minimum absolute atomic E-state index is 0.0828. The topological polar surface area (TPSA) is 55.4 Å². The summed E-state index contributed by atoms with van der Waals surface area (Å²) >= 11 is 13.3. The summed E-state index contributed by atoms with van der Waals surface area (Å²) in [5.74, 6) is -0.524. The Hall–Kier alpha value is -1.56. The first-order chi connectivity index (χ1) is 11.3. The Labute approximate surface area is 154 Å². The molecule has 0 amide bonds. The number of rotatable bonds is 6. The van der Waals surface area contributed by atoms with Gasteiger partial charge in [-0.1, -0.05) is 29.3 Å². The van der Waals surface area contributed by atoms with Gasteiger partial charge in [0.25, 0.3) is 0 Å². The molecule has 1 aromatic heterocycles. The maximum absolute atomic E-state index is 12.2. The van der Waals surface area contributed by atoms with Crippen LogP contribution in [0.15, 0.2) is 18.2 Å². The van der Waals surface area contributed by atoms with Crippen molar-refractivity contribution in [1.82, 2.24) is 0 Å². The Bertz CT molecular complexity index is 786. The third-order valence-corrected chi connectivity index (χ3v) is 5.34. The molecule has 2 aromatic rings. The van der Waals surface area contributed by atoms with Crippen LogP contribution in [-0.4, -0.2) is 18.4 Å². The summed E-state index contributed by atoms with van der Waals surface area (Å²) in [6.45, 7) is 5.64. The zero-order valence-corrected chi connectivity index (χ0v) is 15.9. The van der Waals surface area contributed by atoms with Gasteiger partial charge in [-0.25, -0.2) is 4.79 Å². The largest absolute Gasteiger partial charge is 0.462 e. The molecule has 1 aromatic carbocycles. The first-order valence-electron chi connectivity index (χ1n) is 7.34. The molecule has 0 bridgehead atoms. The highest BCUT2D eigenvalue weighted by atomic mass is 35.5. The van der Waals surface area contributed by atoms with Crippen LogP contribution >= 0.6 is 34.5 Å². The third-order valence-electron chi connectivity index (χ3n) is 3.40. The van der Waals surface area contributed by atoms with Crippen LogP contribution in [0.25, 0.3) is 0 Å². The van der Waals surface area contributed by atoms with E-state index in [0.29, 0.717) is 37.6 Å². The number of ether oxygens (including phenoxy) is 1. The Kier molecular flexibility index (Phi) is 6.27. The highest BCUT2D eigenvalue weighted by Crippen LogP contribution is 2.34. The average molecular weight is 386 g/mol. The number of halogens is 2. The predicted octanol–water partition coefficient (Wildman–Crippen LogP) is 5.35. The second-order valence-electron chi connectivity index (χ2n) is 5.13. The number of thiophene rings is 1. The van der Waals surface area contributed by atoms with Gasteiger partial charge >= 0.3 is 5.97 Å². The van der Waals surface area contributed by atoms with Crippen molar-refractivity contribution in [3.63, 3.8) is 0 Å². The van der Waals surface area contributed by atoms with Crippen molar-refractivity contribution < 1.29 is 14.3 Å². The zero-order chi connectivity index (χ0) is 17.9. The van der Waals surface area contributed by atoms with E-state index in [-0.39, 0.29) is 12.4 Å². The van der Waals surface area contributed by atoms with Crippen LogP contribution in [0.2, 0.25) is 10.0 Å². The number of carbonyl (C=O) groups is 2.